The maximum atomic E-state index is 7.02. The summed E-state index contributed by atoms with van der Waals surface area (Å²) < 4.78 is 9.34. The molecule has 0 saturated carbocycles. The molecule has 0 aliphatic carbocycles. The van der Waals surface area contributed by atoms with Crippen LogP contribution in [0.5, 0.6) is 0 Å². The average Bonchev–Trinajstić information content (AvgIpc) is 3.83. The number of rotatable bonds is 8. The highest BCUT2D eigenvalue weighted by molar-refractivity contribution is 6.14. The normalized spacial score (nSPS) is 11.9. The highest BCUT2D eigenvalue weighted by Crippen LogP contribution is 2.41. The lowest BCUT2D eigenvalue weighted by molar-refractivity contribution is 0.667. The third kappa shape index (κ3) is 6.03. The predicted molar refractivity (Wildman–Crippen MR) is 236 cm³/mol. The fourth-order valence-electron chi connectivity index (χ4n) is 7.78. The zero-order valence-corrected chi connectivity index (χ0v) is 31.3. The van der Waals surface area contributed by atoms with Crippen molar-refractivity contribution in [1.29, 1.82) is 0 Å². The largest absolute Gasteiger partial charge is 0.453 e. The molecular weight excluding hydrogens is 697 g/mol. The third-order valence-corrected chi connectivity index (χ3v) is 10.5. The number of furan rings is 1. The topological polar surface area (TPSA) is 56.7 Å². The van der Waals surface area contributed by atoms with Gasteiger partial charge in [0.15, 0.2) is 23.1 Å². The van der Waals surface area contributed by atoms with Crippen LogP contribution >= 0.6 is 0 Å². The Morgan fingerprint density at radius 2 is 1.09 bits per heavy atom. The van der Waals surface area contributed by atoms with Gasteiger partial charge in [-0.25, -0.2) is 15.0 Å². The lowest BCUT2D eigenvalue weighted by Gasteiger charge is -2.10. The van der Waals surface area contributed by atoms with E-state index in [1.807, 2.05) is 85.8 Å². The van der Waals surface area contributed by atoms with E-state index >= 15 is 0 Å². The number of benzene rings is 7. The summed E-state index contributed by atoms with van der Waals surface area (Å²) >= 11 is 0. The molecule has 0 amide bonds. The fraction of sp³-hybridized carbons (Fsp3) is 0.0192. The fourth-order valence-corrected chi connectivity index (χ4v) is 7.78. The van der Waals surface area contributed by atoms with Crippen LogP contribution in [0.25, 0.3) is 100 Å². The second kappa shape index (κ2) is 14.2. The summed E-state index contributed by atoms with van der Waals surface area (Å²) in [6.07, 6.45) is 8.11. The van der Waals surface area contributed by atoms with E-state index in [4.69, 9.17) is 19.4 Å². The highest BCUT2D eigenvalue weighted by Gasteiger charge is 2.20. The van der Waals surface area contributed by atoms with Crippen LogP contribution in [0.4, 0.5) is 0 Å². The molecule has 0 aliphatic heterocycles. The van der Waals surface area contributed by atoms with Crippen LogP contribution in [0.3, 0.4) is 0 Å². The molecule has 3 heterocycles. The first kappa shape index (κ1) is 33.9. The molecule has 10 rings (SSSR count). The minimum Gasteiger partial charge on any atom is -0.453 e. The molecule has 0 N–H and O–H groups in total. The maximum Gasteiger partial charge on any atom is 0.164 e. The van der Waals surface area contributed by atoms with Crippen LogP contribution in [-0.2, 0) is 0 Å². The number of hydrogen-bond donors (Lipinski definition) is 0. The molecule has 0 radical (unpaired) electrons. The van der Waals surface area contributed by atoms with Gasteiger partial charge in [-0.05, 0) is 54.0 Å². The van der Waals surface area contributed by atoms with E-state index in [0.717, 1.165) is 77.6 Å². The molecule has 0 saturated heterocycles. The Hall–Kier alpha value is -7.63. The zero-order chi connectivity index (χ0) is 38.3. The third-order valence-electron chi connectivity index (χ3n) is 10.5. The van der Waals surface area contributed by atoms with E-state index in [2.05, 4.69) is 120 Å². The van der Waals surface area contributed by atoms with Gasteiger partial charge in [0.1, 0.15) is 5.58 Å². The van der Waals surface area contributed by atoms with Crippen molar-refractivity contribution in [1.82, 2.24) is 19.5 Å². The van der Waals surface area contributed by atoms with Crippen molar-refractivity contribution in [2.45, 2.75) is 6.92 Å². The van der Waals surface area contributed by atoms with Gasteiger partial charge < -0.3 is 8.98 Å². The van der Waals surface area contributed by atoms with E-state index in [1.54, 1.807) is 0 Å². The minimum atomic E-state index is 0.607. The quantitative estimate of drug-likeness (QED) is 0.146. The number of nitrogens with zero attached hydrogens (tertiary/aromatic N) is 4. The van der Waals surface area contributed by atoms with Crippen molar-refractivity contribution < 1.29 is 4.42 Å². The van der Waals surface area contributed by atoms with Crippen molar-refractivity contribution in [3.63, 3.8) is 0 Å². The van der Waals surface area contributed by atoms with Crippen molar-refractivity contribution in [3.05, 3.63) is 200 Å². The SMILES string of the molecule is C=C(/C=C\C=C/C)c1ccc2c(c1)c1ccccc1n2-c1cccc2c1oc1c(-c3cccc(-c4nc(-c5ccccc5)nc(-c5ccccc5)n4)c3)cccc12. The second-order valence-corrected chi connectivity index (χ2v) is 14.1. The lowest BCUT2D eigenvalue weighted by atomic mass is 10.00. The molecule has 10 aromatic rings. The molecule has 5 heteroatoms. The van der Waals surface area contributed by atoms with Gasteiger partial charge >= 0.3 is 0 Å². The van der Waals surface area contributed by atoms with E-state index in [9.17, 15) is 0 Å². The second-order valence-electron chi connectivity index (χ2n) is 14.1. The van der Waals surface area contributed by atoms with E-state index in [0.29, 0.717) is 17.5 Å². The molecule has 0 fully saturated rings. The summed E-state index contributed by atoms with van der Waals surface area (Å²) in [5, 5.41) is 4.45. The van der Waals surface area contributed by atoms with Crippen LogP contribution in [0.2, 0.25) is 0 Å². The Morgan fingerprint density at radius 3 is 1.82 bits per heavy atom. The minimum absolute atomic E-state index is 0.607. The van der Waals surface area contributed by atoms with Crippen LogP contribution in [-0.4, -0.2) is 19.5 Å². The first-order chi connectivity index (χ1) is 28.1. The highest BCUT2D eigenvalue weighted by atomic mass is 16.3. The molecule has 3 aromatic heterocycles. The monoisotopic (exact) mass is 732 g/mol. The smallest absolute Gasteiger partial charge is 0.164 e. The standard InChI is InChI=1S/C52H36N4O/c1-3-4-7-17-34(2)37-30-31-46-44(33-37)41-24-12-13-28-45(41)56(46)47-29-16-27-43-42-26-15-25-40(48(42)57-49(43)47)38-22-14-23-39(32-38)52-54-50(35-18-8-5-9-19-35)53-51(55-52)36-20-10-6-11-21-36/h3-33H,2H2,1H3/b4-3-,17-7-. The molecule has 0 atom stereocenters. The van der Waals surface area contributed by atoms with Gasteiger partial charge in [-0.15, -0.1) is 0 Å². The Labute approximate surface area is 330 Å². The molecule has 270 valence electrons. The molecule has 5 nitrogen and oxygen atoms in total. The van der Waals surface area contributed by atoms with Gasteiger partial charge in [0, 0.05) is 43.8 Å². The maximum absolute atomic E-state index is 7.02. The average molecular weight is 733 g/mol. The van der Waals surface area contributed by atoms with Crippen molar-refractivity contribution >= 4 is 49.3 Å². The molecule has 0 bridgehead atoms. The Morgan fingerprint density at radius 1 is 0.509 bits per heavy atom. The van der Waals surface area contributed by atoms with Gasteiger partial charge in [-0.2, -0.15) is 0 Å². The van der Waals surface area contributed by atoms with Gasteiger partial charge in [0.25, 0.3) is 0 Å². The van der Waals surface area contributed by atoms with E-state index < -0.39 is 0 Å². The van der Waals surface area contributed by atoms with Crippen LogP contribution in [0.1, 0.15) is 12.5 Å². The number of allylic oxidation sites excluding steroid dienone is 5. The van der Waals surface area contributed by atoms with E-state index in [1.165, 1.54) is 10.8 Å². The summed E-state index contributed by atoms with van der Waals surface area (Å²) in [6, 6.07) is 56.5. The molecule has 0 spiro atoms. The number of fused-ring (bicyclic) bond motifs is 6. The van der Waals surface area contributed by atoms with Crippen molar-refractivity contribution in [3.8, 4) is 51.0 Å². The van der Waals surface area contributed by atoms with Gasteiger partial charge in [0.2, 0.25) is 0 Å². The van der Waals surface area contributed by atoms with Crippen LogP contribution in [0, 0.1) is 0 Å². The van der Waals surface area contributed by atoms with Crippen LogP contribution < -0.4 is 0 Å². The molecule has 7 aromatic carbocycles. The van der Waals surface area contributed by atoms with E-state index in [-0.39, 0.29) is 0 Å². The molecule has 0 aliphatic rings. The summed E-state index contributed by atoms with van der Waals surface area (Å²) in [5.41, 5.74) is 11.7. The zero-order valence-electron chi connectivity index (χ0n) is 31.3. The predicted octanol–water partition coefficient (Wildman–Crippen LogP) is 13.7. The first-order valence-corrected chi connectivity index (χ1v) is 19.1. The number of para-hydroxylation sites is 3. The Bertz CT molecular complexity index is 3150. The Balaban J connectivity index is 1.12. The summed E-state index contributed by atoms with van der Waals surface area (Å²) in [6.45, 7) is 6.36. The molecule has 0 unspecified atom stereocenters. The Kier molecular flexibility index (Phi) is 8.46. The lowest BCUT2D eigenvalue weighted by Crippen LogP contribution is -2.00. The van der Waals surface area contributed by atoms with Crippen LogP contribution in [0.15, 0.2) is 199 Å². The van der Waals surface area contributed by atoms with Crippen molar-refractivity contribution in [2.24, 2.45) is 0 Å². The van der Waals surface area contributed by atoms with Crippen molar-refractivity contribution in [2.75, 3.05) is 0 Å². The van der Waals surface area contributed by atoms with Gasteiger partial charge in [0.05, 0.1) is 16.7 Å². The molecule has 57 heavy (non-hydrogen) atoms. The number of hydrogen-bond acceptors (Lipinski definition) is 4. The summed E-state index contributed by atoms with van der Waals surface area (Å²) in [7, 11) is 0. The first-order valence-electron chi connectivity index (χ1n) is 19.1. The number of aromatic nitrogens is 4. The molecular formula is C52H36N4O. The summed E-state index contributed by atoms with van der Waals surface area (Å²) in [4.78, 5) is 14.9. The van der Waals surface area contributed by atoms with Gasteiger partial charge in [-0.1, -0.05) is 164 Å². The van der Waals surface area contributed by atoms with Gasteiger partial charge in [-0.3, -0.25) is 0 Å². The summed E-state index contributed by atoms with van der Waals surface area (Å²) in [5.74, 6) is 1.86.